The Kier molecular flexibility index (Phi) is 2.28. The largest absolute Gasteiger partial charge is 0.235 e. The summed E-state index contributed by atoms with van der Waals surface area (Å²) in [5.74, 6) is 0. The summed E-state index contributed by atoms with van der Waals surface area (Å²) in [5.41, 5.74) is 0.696. The summed E-state index contributed by atoms with van der Waals surface area (Å²) < 4.78 is 0. The fourth-order valence-corrected chi connectivity index (χ4v) is 0.873. The number of rotatable bonds is 0. The van der Waals surface area contributed by atoms with Gasteiger partial charge in [-0.2, -0.15) is 5.26 Å². The van der Waals surface area contributed by atoms with Gasteiger partial charge >= 0.3 is 0 Å². The van der Waals surface area contributed by atoms with Crippen molar-refractivity contribution in [2.45, 2.75) is 6.92 Å². The topological polar surface area (TPSA) is 49.6 Å². The van der Waals surface area contributed by atoms with Crippen LogP contribution in [-0.4, -0.2) is 9.97 Å². The van der Waals surface area contributed by atoms with Crippen molar-refractivity contribution in [3.05, 3.63) is 21.7 Å². The standard InChI is InChI=1S/C6H3Cl2N3/c1-3-4(2-9)11-6(8)5(7)10-3/h1H3. The van der Waals surface area contributed by atoms with Gasteiger partial charge < -0.3 is 0 Å². The Balaban J connectivity index is 3.35. The SMILES string of the molecule is Cc1nc(Cl)c(Cl)nc1C#N. The smallest absolute Gasteiger partial charge is 0.167 e. The number of aromatic nitrogens is 2. The average Bonchev–Trinajstić information content (AvgIpc) is 1.97. The molecule has 0 N–H and O–H groups in total. The Morgan fingerprint density at radius 3 is 2.36 bits per heavy atom. The van der Waals surface area contributed by atoms with Crippen LogP contribution in [-0.2, 0) is 0 Å². The predicted octanol–water partition coefficient (Wildman–Crippen LogP) is 1.96. The molecular weight excluding hydrogens is 185 g/mol. The molecule has 3 nitrogen and oxygen atoms in total. The van der Waals surface area contributed by atoms with Crippen LogP contribution < -0.4 is 0 Å². The van der Waals surface area contributed by atoms with E-state index in [0.29, 0.717) is 5.69 Å². The van der Waals surface area contributed by atoms with E-state index < -0.39 is 0 Å². The first-order valence-electron chi connectivity index (χ1n) is 2.75. The molecule has 0 radical (unpaired) electrons. The summed E-state index contributed by atoms with van der Waals surface area (Å²) in [5, 5.41) is 8.67. The minimum absolute atomic E-state index is 0.0637. The van der Waals surface area contributed by atoms with E-state index >= 15 is 0 Å². The second kappa shape index (κ2) is 3.04. The van der Waals surface area contributed by atoms with Gasteiger partial charge in [0.2, 0.25) is 0 Å². The molecule has 0 bridgehead atoms. The van der Waals surface area contributed by atoms with Gasteiger partial charge in [0, 0.05) is 0 Å². The molecule has 0 amide bonds. The highest BCUT2D eigenvalue weighted by molar-refractivity contribution is 6.40. The van der Waals surface area contributed by atoms with Crippen LogP contribution in [0, 0.1) is 18.3 Å². The zero-order valence-electron chi connectivity index (χ0n) is 5.60. The van der Waals surface area contributed by atoms with Crippen molar-refractivity contribution >= 4 is 23.2 Å². The number of aryl methyl sites for hydroxylation is 1. The van der Waals surface area contributed by atoms with Gasteiger partial charge in [-0.1, -0.05) is 23.2 Å². The van der Waals surface area contributed by atoms with Crippen molar-refractivity contribution in [1.82, 2.24) is 9.97 Å². The van der Waals surface area contributed by atoms with Gasteiger partial charge in [-0.05, 0) is 6.92 Å². The first-order valence-corrected chi connectivity index (χ1v) is 3.50. The lowest BCUT2D eigenvalue weighted by Gasteiger charge is -1.96. The molecule has 56 valence electrons. The third-order valence-electron chi connectivity index (χ3n) is 1.09. The lowest BCUT2D eigenvalue weighted by molar-refractivity contribution is 1.09. The fraction of sp³-hybridized carbons (Fsp3) is 0.167. The molecule has 1 aromatic rings. The van der Waals surface area contributed by atoms with Gasteiger partial charge in [-0.3, -0.25) is 0 Å². The Morgan fingerprint density at radius 1 is 1.27 bits per heavy atom. The Labute approximate surface area is 73.6 Å². The quantitative estimate of drug-likeness (QED) is 0.625. The first kappa shape index (κ1) is 8.25. The van der Waals surface area contributed by atoms with Crippen molar-refractivity contribution in [3.8, 4) is 6.07 Å². The number of hydrogen-bond donors (Lipinski definition) is 0. The maximum absolute atomic E-state index is 8.48. The van der Waals surface area contributed by atoms with E-state index in [1.165, 1.54) is 0 Å². The van der Waals surface area contributed by atoms with Crippen LogP contribution in [0.15, 0.2) is 0 Å². The summed E-state index contributed by atoms with van der Waals surface area (Å²) in [6.45, 7) is 1.65. The summed E-state index contributed by atoms with van der Waals surface area (Å²) in [6, 6.07) is 1.85. The van der Waals surface area contributed by atoms with Gasteiger partial charge in [0.25, 0.3) is 0 Å². The molecule has 0 unspecified atom stereocenters. The average molecular weight is 188 g/mol. The summed E-state index contributed by atoms with van der Waals surface area (Å²) in [6.07, 6.45) is 0. The maximum Gasteiger partial charge on any atom is 0.167 e. The molecule has 0 spiro atoms. The van der Waals surface area contributed by atoms with Crippen LogP contribution in [0.2, 0.25) is 10.3 Å². The minimum atomic E-state index is 0.0637. The molecule has 1 heterocycles. The normalized spacial score (nSPS) is 9.27. The number of nitrogens with zero attached hydrogens (tertiary/aromatic N) is 3. The van der Waals surface area contributed by atoms with E-state index in [-0.39, 0.29) is 16.0 Å². The molecule has 0 saturated carbocycles. The van der Waals surface area contributed by atoms with E-state index in [0.717, 1.165) is 0 Å². The van der Waals surface area contributed by atoms with Gasteiger partial charge in [0.1, 0.15) is 6.07 Å². The van der Waals surface area contributed by atoms with Crippen LogP contribution in [0.5, 0.6) is 0 Å². The molecule has 0 saturated heterocycles. The predicted molar refractivity (Wildman–Crippen MR) is 41.5 cm³/mol. The van der Waals surface area contributed by atoms with Crippen molar-refractivity contribution in [3.63, 3.8) is 0 Å². The molecule has 11 heavy (non-hydrogen) atoms. The second-order valence-corrected chi connectivity index (χ2v) is 2.57. The highest BCUT2D eigenvalue weighted by Crippen LogP contribution is 2.17. The summed E-state index contributed by atoms with van der Waals surface area (Å²) in [7, 11) is 0. The van der Waals surface area contributed by atoms with Crippen LogP contribution in [0.4, 0.5) is 0 Å². The molecular formula is C6H3Cl2N3. The number of nitriles is 1. The van der Waals surface area contributed by atoms with Gasteiger partial charge in [0.15, 0.2) is 16.0 Å². The molecule has 0 aliphatic rings. The van der Waals surface area contributed by atoms with Gasteiger partial charge in [-0.25, -0.2) is 9.97 Å². The van der Waals surface area contributed by atoms with Gasteiger partial charge in [0.05, 0.1) is 5.69 Å². The summed E-state index contributed by atoms with van der Waals surface area (Å²) >= 11 is 11.0. The monoisotopic (exact) mass is 187 g/mol. The summed E-state index contributed by atoms with van der Waals surface area (Å²) in [4.78, 5) is 7.49. The lowest BCUT2D eigenvalue weighted by atomic mass is 10.3. The number of halogens is 2. The number of hydrogen-bond acceptors (Lipinski definition) is 3. The minimum Gasteiger partial charge on any atom is -0.235 e. The van der Waals surface area contributed by atoms with Crippen molar-refractivity contribution < 1.29 is 0 Å². The third-order valence-corrected chi connectivity index (χ3v) is 1.72. The first-order chi connectivity index (χ1) is 5.15. The Hall–Kier alpha value is -0.850. The van der Waals surface area contributed by atoms with Gasteiger partial charge in [-0.15, -0.1) is 0 Å². The van der Waals surface area contributed by atoms with Crippen LogP contribution in [0.3, 0.4) is 0 Å². The third kappa shape index (κ3) is 1.59. The van der Waals surface area contributed by atoms with E-state index in [2.05, 4.69) is 9.97 Å². The molecule has 0 atom stereocenters. The zero-order chi connectivity index (χ0) is 8.43. The molecule has 0 aromatic carbocycles. The van der Waals surface area contributed by atoms with Crippen molar-refractivity contribution in [2.75, 3.05) is 0 Å². The van der Waals surface area contributed by atoms with E-state index in [4.69, 9.17) is 28.5 Å². The Morgan fingerprint density at radius 2 is 1.82 bits per heavy atom. The van der Waals surface area contributed by atoms with Crippen molar-refractivity contribution in [1.29, 1.82) is 5.26 Å². The van der Waals surface area contributed by atoms with Crippen LogP contribution in [0.25, 0.3) is 0 Å². The molecule has 1 aromatic heterocycles. The lowest BCUT2D eigenvalue weighted by Crippen LogP contribution is -1.93. The molecule has 0 fully saturated rings. The molecule has 0 aliphatic carbocycles. The molecule has 1 rings (SSSR count). The zero-order valence-corrected chi connectivity index (χ0v) is 7.11. The molecule has 5 heteroatoms. The maximum atomic E-state index is 8.48. The van der Waals surface area contributed by atoms with E-state index in [1.807, 2.05) is 6.07 Å². The second-order valence-electron chi connectivity index (χ2n) is 1.85. The van der Waals surface area contributed by atoms with E-state index in [9.17, 15) is 0 Å². The van der Waals surface area contributed by atoms with Crippen molar-refractivity contribution in [2.24, 2.45) is 0 Å². The van der Waals surface area contributed by atoms with E-state index in [1.54, 1.807) is 6.92 Å². The highest BCUT2D eigenvalue weighted by Gasteiger charge is 2.05. The fourth-order valence-electron chi connectivity index (χ4n) is 0.577. The van der Waals surface area contributed by atoms with Crippen LogP contribution >= 0.6 is 23.2 Å². The van der Waals surface area contributed by atoms with Crippen LogP contribution in [0.1, 0.15) is 11.4 Å². The highest BCUT2D eigenvalue weighted by atomic mass is 35.5. The molecule has 0 aliphatic heterocycles. The Bertz CT molecular complexity index is 329.